The summed E-state index contributed by atoms with van der Waals surface area (Å²) in [4.78, 5) is 14.3. The number of likely N-dealkylation sites (tertiary alicyclic amines) is 1. The molecule has 0 saturated carbocycles. The number of β-amino-alcohol motifs (C(OH)–C–C–N with tert-alkyl or cyclic N) is 1. The van der Waals surface area contributed by atoms with Crippen molar-refractivity contribution in [2.24, 2.45) is 5.92 Å². The summed E-state index contributed by atoms with van der Waals surface area (Å²) >= 11 is 0. The first-order valence-corrected chi connectivity index (χ1v) is 10.3. The van der Waals surface area contributed by atoms with Gasteiger partial charge in [0.05, 0.1) is 6.10 Å². The van der Waals surface area contributed by atoms with Crippen LogP contribution in [0, 0.1) is 11.7 Å². The van der Waals surface area contributed by atoms with E-state index in [2.05, 4.69) is 27.7 Å². The second-order valence-corrected chi connectivity index (χ2v) is 7.79. The fourth-order valence-corrected chi connectivity index (χ4v) is 3.83. The third-order valence-electron chi connectivity index (χ3n) is 5.31. The van der Waals surface area contributed by atoms with E-state index in [1.54, 1.807) is 12.1 Å². The van der Waals surface area contributed by atoms with E-state index in [9.17, 15) is 14.3 Å². The predicted molar refractivity (Wildman–Crippen MR) is 113 cm³/mol. The Bertz CT molecular complexity index is 772. The minimum atomic E-state index is -0.378. The van der Waals surface area contributed by atoms with Gasteiger partial charge in [-0.15, -0.1) is 0 Å². The van der Waals surface area contributed by atoms with Crippen molar-refractivity contribution in [3.63, 3.8) is 0 Å². The van der Waals surface area contributed by atoms with Crippen LogP contribution in [0.3, 0.4) is 0 Å². The first-order valence-electron chi connectivity index (χ1n) is 10.3. The third kappa shape index (κ3) is 7.48. The van der Waals surface area contributed by atoms with E-state index in [0.29, 0.717) is 24.7 Å². The molecule has 2 aromatic rings. The van der Waals surface area contributed by atoms with E-state index in [-0.39, 0.29) is 18.0 Å². The van der Waals surface area contributed by atoms with Gasteiger partial charge in [-0.05, 0) is 61.9 Å². The number of urea groups is 1. The highest BCUT2D eigenvalue weighted by atomic mass is 19.1. The van der Waals surface area contributed by atoms with Crippen LogP contribution in [-0.4, -0.2) is 48.3 Å². The van der Waals surface area contributed by atoms with E-state index < -0.39 is 0 Å². The number of carbonyl (C=O) groups excluding carboxylic acids is 1. The Balaban J connectivity index is 1.36. The molecule has 0 aliphatic carbocycles. The number of aryl methyl sites for hydroxylation is 1. The van der Waals surface area contributed by atoms with Gasteiger partial charge in [0, 0.05) is 25.3 Å². The molecule has 1 fully saturated rings. The highest BCUT2D eigenvalue weighted by Gasteiger charge is 2.22. The van der Waals surface area contributed by atoms with Crippen molar-refractivity contribution in [2.75, 3.05) is 31.5 Å². The van der Waals surface area contributed by atoms with Crippen molar-refractivity contribution >= 4 is 11.7 Å². The number of nitrogens with one attached hydrogen (secondary N) is 2. The second-order valence-electron chi connectivity index (χ2n) is 7.79. The van der Waals surface area contributed by atoms with Crippen LogP contribution in [0.5, 0.6) is 0 Å². The van der Waals surface area contributed by atoms with Crippen molar-refractivity contribution in [2.45, 2.75) is 31.8 Å². The Kier molecular flexibility index (Phi) is 8.02. The number of amides is 2. The van der Waals surface area contributed by atoms with Crippen LogP contribution >= 0.6 is 0 Å². The molecule has 29 heavy (non-hydrogen) atoms. The van der Waals surface area contributed by atoms with Crippen LogP contribution in [0.4, 0.5) is 14.9 Å². The van der Waals surface area contributed by atoms with Gasteiger partial charge in [0.15, 0.2) is 0 Å². The van der Waals surface area contributed by atoms with Crippen molar-refractivity contribution in [1.29, 1.82) is 0 Å². The van der Waals surface area contributed by atoms with Crippen molar-refractivity contribution in [1.82, 2.24) is 10.2 Å². The van der Waals surface area contributed by atoms with E-state index >= 15 is 0 Å². The zero-order chi connectivity index (χ0) is 20.5. The molecular weight excluding hydrogens is 369 g/mol. The number of piperidine rings is 1. The van der Waals surface area contributed by atoms with Gasteiger partial charge in [-0.25, -0.2) is 9.18 Å². The van der Waals surface area contributed by atoms with Crippen LogP contribution in [0.15, 0.2) is 54.6 Å². The highest BCUT2D eigenvalue weighted by Crippen LogP contribution is 2.17. The molecule has 1 heterocycles. The quantitative estimate of drug-likeness (QED) is 0.635. The van der Waals surface area contributed by atoms with E-state index in [1.807, 2.05) is 18.2 Å². The number of anilines is 1. The molecule has 0 aromatic heterocycles. The van der Waals surface area contributed by atoms with E-state index in [0.717, 1.165) is 38.8 Å². The Morgan fingerprint density at radius 3 is 2.83 bits per heavy atom. The van der Waals surface area contributed by atoms with E-state index in [4.69, 9.17) is 0 Å². The van der Waals surface area contributed by atoms with Crippen LogP contribution < -0.4 is 10.6 Å². The molecule has 1 aliphatic rings. The van der Waals surface area contributed by atoms with Crippen molar-refractivity contribution in [3.05, 3.63) is 66.0 Å². The summed E-state index contributed by atoms with van der Waals surface area (Å²) in [5.41, 5.74) is 1.69. The first-order chi connectivity index (χ1) is 14.1. The molecule has 1 aliphatic heterocycles. The average molecular weight is 400 g/mol. The molecule has 3 N–H and O–H groups in total. The molecule has 2 aromatic carbocycles. The molecule has 0 spiro atoms. The lowest BCUT2D eigenvalue weighted by molar-refractivity contribution is 0.0797. The Hall–Kier alpha value is -2.44. The lowest BCUT2D eigenvalue weighted by atomic mass is 9.97. The normalized spacial score (nSPS) is 18.2. The molecule has 1 saturated heterocycles. The fourth-order valence-electron chi connectivity index (χ4n) is 3.83. The molecule has 0 radical (unpaired) electrons. The number of aliphatic hydroxyl groups is 1. The molecular formula is C23H30FN3O2. The summed E-state index contributed by atoms with van der Waals surface area (Å²) < 4.78 is 13.2. The molecule has 2 amide bonds. The Labute approximate surface area is 171 Å². The zero-order valence-electron chi connectivity index (χ0n) is 16.7. The molecule has 0 unspecified atom stereocenters. The minimum absolute atomic E-state index is 0.324. The predicted octanol–water partition coefficient (Wildman–Crippen LogP) is 3.65. The third-order valence-corrected chi connectivity index (χ3v) is 5.31. The summed E-state index contributed by atoms with van der Waals surface area (Å²) in [5.74, 6) is -0.0279. The Morgan fingerprint density at radius 2 is 2.03 bits per heavy atom. The monoisotopic (exact) mass is 399 g/mol. The van der Waals surface area contributed by atoms with Gasteiger partial charge in [0.1, 0.15) is 5.82 Å². The number of aliphatic hydroxyl groups excluding tert-OH is 1. The molecule has 2 atom stereocenters. The number of rotatable bonds is 8. The van der Waals surface area contributed by atoms with E-state index in [1.165, 1.54) is 17.7 Å². The van der Waals surface area contributed by atoms with Gasteiger partial charge in [-0.3, -0.25) is 0 Å². The van der Waals surface area contributed by atoms with Crippen LogP contribution in [-0.2, 0) is 6.42 Å². The van der Waals surface area contributed by atoms with Gasteiger partial charge in [0.2, 0.25) is 0 Å². The first kappa shape index (κ1) is 21.3. The maximum atomic E-state index is 13.2. The van der Waals surface area contributed by atoms with Gasteiger partial charge < -0.3 is 20.6 Å². The number of carbonyl (C=O) groups is 1. The maximum Gasteiger partial charge on any atom is 0.319 e. The summed E-state index contributed by atoms with van der Waals surface area (Å²) in [6.45, 7) is 3.08. The molecule has 6 heteroatoms. The number of nitrogens with zero attached hydrogens (tertiary/aromatic N) is 1. The SMILES string of the molecule is O=C(NC[C@H]1CCCN(C[C@@H](O)CCc2ccccc2)C1)Nc1cccc(F)c1. The lowest BCUT2D eigenvalue weighted by Gasteiger charge is -2.34. The summed E-state index contributed by atoms with van der Waals surface area (Å²) in [6.07, 6.45) is 3.39. The lowest BCUT2D eigenvalue weighted by Crippen LogP contribution is -2.44. The van der Waals surface area contributed by atoms with Crippen molar-refractivity contribution in [3.8, 4) is 0 Å². The van der Waals surface area contributed by atoms with Gasteiger partial charge in [-0.1, -0.05) is 36.4 Å². The van der Waals surface area contributed by atoms with Crippen molar-refractivity contribution < 1.29 is 14.3 Å². The maximum absolute atomic E-state index is 13.2. The van der Waals surface area contributed by atoms with Gasteiger partial charge >= 0.3 is 6.03 Å². The molecule has 156 valence electrons. The Morgan fingerprint density at radius 1 is 1.21 bits per heavy atom. The molecule has 0 bridgehead atoms. The smallest absolute Gasteiger partial charge is 0.319 e. The summed E-state index contributed by atoms with van der Waals surface area (Å²) in [5, 5.41) is 15.9. The minimum Gasteiger partial charge on any atom is -0.392 e. The zero-order valence-corrected chi connectivity index (χ0v) is 16.7. The number of hydrogen-bond acceptors (Lipinski definition) is 3. The topological polar surface area (TPSA) is 64.6 Å². The summed E-state index contributed by atoms with van der Waals surface area (Å²) in [7, 11) is 0. The fraction of sp³-hybridized carbons (Fsp3) is 0.435. The standard InChI is InChI=1S/C23H30FN3O2/c24-20-9-4-10-21(14-20)26-23(29)25-15-19-8-5-13-27(16-19)17-22(28)12-11-18-6-2-1-3-7-18/h1-4,6-7,9-10,14,19,22,28H,5,8,11-13,15-17H2,(H2,25,26,29)/t19-,22+/m1/s1. The van der Waals surface area contributed by atoms with Crippen LogP contribution in [0.25, 0.3) is 0 Å². The second kappa shape index (κ2) is 10.9. The number of benzene rings is 2. The van der Waals surface area contributed by atoms with Gasteiger partial charge in [-0.2, -0.15) is 0 Å². The number of hydrogen-bond donors (Lipinski definition) is 3. The van der Waals surface area contributed by atoms with Crippen LogP contribution in [0.2, 0.25) is 0 Å². The number of halogens is 1. The van der Waals surface area contributed by atoms with Crippen LogP contribution in [0.1, 0.15) is 24.8 Å². The largest absolute Gasteiger partial charge is 0.392 e. The van der Waals surface area contributed by atoms with Gasteiger partial charge in [0.25, 0.3) is 0 Å². The molecule has 3 rings (SSSR count). The average Bonchev–Trinajstić information content (AvgIpc) is 2.72. The molecule has 5 nitrogen and oxygen atoms in total. The summed E-state index contributed by atoms with van der Waals surface area (Å²) in [6, 6.07) is 15.7. The highest BCUT2D eigenvalue weighted by molar-refractivity contribution is 5.89.